The number of carbonyl (C=O) groups excluding carboxylic acids is 2. The molecular weight excluding hydrogens is 292 g/mol. The highest BCUT2D eigenvalue weighted by molar-refractivity contribution is 5.85. The van der Waals surface area contributed by atoms with E-state index in [-0.39, 0.29) is 18.2 Å². The van der Waals surface area contributed by atoms with Gasteiger partial charge in [0, 0.05) is 13.5 Å². The van der Waals surface area contributed by atoms with E-state index in [1.165, 1.54) is 0 Å². The van der Waals surface area contributed by atoms with Gasteiger partial charge < -0.3 is 9.16 Å². The number of esters is 2. The second-order valence-electron chi connectivity index (χ2n) is 6.01. The molecule has 0 aromatic carbocycles. The molecule has 2 atom stereocenters. The Kier molecular flexibility index (Phi) is 14.1. The van der Waals surface area contributed by atoms with Crippen molar-refractivity contribution < 1.29 is 18.7 Å². The fourth-order valence-electron chi connectivity index (χ4n) is 2.52. The summed E-state index contributed by atoms with van der Waals surface area (Å²) < 4.78 is 17.0. The van der Waals surface area contributed by atoms with Crippen LogP contribution in [0.2, 0.25) is 0 Å². The monoisotopic (exact) mass is 329 g/mol. The third-order valence-corrected chi connectivity index (χ3v) is 4.00. The second kappa shape index (κ2) is 14.7. The number of hydrogen-bond donors (Lipinski definition) is 0. The van der Waals surface area contributed by atoms with Crippen LogP contribution in [0.4, 0.5) is 0 Å². The molecule has 0 fully saturated rings. The van der Waals surface area contributed by atoms with Gasteiger partial charge in [-0.15, -0.1) is 0 Å². The maximum Gasteiger partial charge on any atom is 0.493 e. The number of unbranched alkanes of at least 4 members (excludes halogenated alkanes) is 4. The highest BCUT2D eigenvalue weighted by Crippen LogP contribution is 2.11. The zero-order valence-electron chi connectivity index (χ0n) is 15.9. The fourth-order valence-corrected chi connectivity index (χ4v) is 2.52. The van der Waals surface area contributed by atoms with Gasteiger partial charge in [-0.05, 0) is 19.3 Å². The van der Waals surface area contributed by atoms with Crippen LogP contribution in [0.3, 0.4) is 0 Å². The first kappa shape index (κ1) is 22.1. The summed E-state index contributed by atoms with van der Waals surface area (Å²) in [4.78, 5) is 12.0. The van der Waals surface area contributed by atoms with Gasteiger partial charge in [0.25, 0.3) is 0 Å². The van der Waals surface area contributed by atoms with Crippen molar-refractivity contribution in [2.45, 2.75) is 104 Å². The lowest BCUT2D eigenvalue weighted by Crippen LogP contribution is -2.30. The minimum Gasteiger partial charge on any atom is -0.375 e. The van der Waals surface area contributed by atoms with Crippen LogP contribution in [0.5, 0.6) is 0 Å². The Morgan fingerprint density at radius 2 is 1.52 bits per heavy atom. The summed E-state index contributed by atoms with van der Waals surface area (Å²) in [5, 5.41) is 0. The van der Waals surface area contributed by atoms with E-state index in [4.69, 9.17) is 13.9 Å². The topological polar surface area (TPSA) is 46.8 Å². The molecule has 0 aliphatic rings. The van der Waals surface area contributed by atoms with Crippen LogP contribution in [-0.4, -0.2) is 31.3 Å². The van der Waals surface area contributed by atoms with Gasteiger partial charge in [0.1, 0.15) is 12.5 Å². The maximum atomic E-state index is 12.0. The Morgan fingerprint density at radius 1 is 0.913 bits per heavy atom. The molecule has 4 nitrogen and oxygen atoms in total. The number of methoxy groups -OCH3 is 1. The van der Waals surface area contributed by atoms with Crippen LogP contribution < -0.4 is 0 Å². The fraction of sp³-hybridized carbons (Fsp3) is 0.895. The van der Waals surface area contributed by atoms with Gasteiger partial charge in [0.15, 0.2) is 0 Å². The normalized spacial score (nSPS) is 14.6. The van der Waals surface area contributed by atoms with Crippen LogP contribution in [0.25, 0.3) is 0 Å². The SMILES string of the molecule is CCCCCC(=O)OC(CCCCC)=[O+]C(CC)C(CC)OC. The molecule has 0 amide bonds. The molecule has 0 aliphatic carbocycles. The molecule has 23 heavy (non-hydrogen) atoms. The Bertz CT molecular complexity index is 321. The number of ether oxygens (including phenoxy) is 2. The average molecular weight is 330 g/mol. The standard InChI is InChI=1S/C19H37O4/c1-6-10-12-14-18(20)23-19(15-13-11-7-2)22-17(9-4)16(8-3)21-5/h16-17H,6-15H2,1-5H3/q+1. The first-order valence-corrected chi connectivity index (χ1v) is 9.38. The summed E-state index contributed by atoms with van der Waals surface area (Å²) in [6, 6.07) is 0. The summed E-state index contributed by atoms with van der Waals surface area (Å²) in [5.74, 6) is 0.299. The van der Waals surface area contributed by atoms with Crippen molar-refractivity contribution in [1.29, 1.82) is 0 Å². The van der Waals surface area contributed by atoms with Gasteiger partial charge >= 0.3 is 11.9 Å². The van der Waals surface area contributed by atoms with Crippen molar-refractivity contribution in [2.24, 2.45) is 0 Å². The van der Waals surface area contributed by atoms with E-state index in [9.17, 15) is 4.79 Å². The zero-order chi connectivity index (χ0) is 17.5. The molecule has 0 spiro atoms. The van der Waals surface area contributed by atoms with Crippen LogP contribution >= 0.6 is 0 Å². The van der Waals surface area contributed by atoms with E-state index in [2.05, 4.69) is 27.7 Å². The molecule has 0 rings (SSSR count). The van der Waals surface area contributed by atoms with E-state index in [1.54, 1.807) is 7.11 Å². The molecule has 0 heterocycles. The van der Waals surface area contributed by atoms with Gasteiger partial charge in [-0.1, -0.05) is 53.4 Å². The highest BCUT2D eigenvalue weighted by Gasteiger charge is 2.28. The van der Waals surface area contributed by atoms with Crippen LogP contribution in [0.1, 0.15) is 91.9 Å². The van der Waals surface area contributed by atoms with E-state index < -0.39 is 0 Å². The summed E-state index contributed by atoms with van der Waals surface area (Å²) in [5.41, 5.74) is 0. The van der Waals surface area contributed by atoms with Crippen molar-refractivity contribution in [3.63, 3.8) is 0 Å². The van der Waals surface area contributed by atoms with Gasteiger partial charge in [-0.2, -0.15) is 0 Å². The predicted molar refractivity (Wildman–Crippen MR) is 94.6 cm³/mol. The Labute approximate surface area is 142 Å². The third-order valence-electron chi connectivity index (χ3n) is 4.00. The number of rotatable bonds is 13. The first-order valence-electron chi connectivity index (χ1n) is 9.38. The third kappa shape index (κ3) is 10.5. The summed E-state index contributed by atoms with van der Waals surface area (Å²) in [6.07, 6.45) is 9.07. The minimum absolute atomic E-state index is 0.0277. The molecule has 0 aromatic rings. The molecule has 0 saturated heterocycles. The smallest absolute Gasteiger partial charge is 0.375 e. The van der Waals surface area contributed by atoms with Gasteiger partial charge in [-0.3, -0.25) is 0 Å². The summed E-state index contributed by atoms with van der Waals surface area (Å²) >= 11 is 0. The molecular formula is C19H37O4+. The van der Waals surface area contributed by atoms with E-state index in [0.717, 1.165) is 51.4 Å². The van der Waals surface area contributed by atoms with E-state index >= 15 is 0 Å². The summed E-state index contributed by atoms with van der Waals surface area (Å²) in [7, 11) is 1.70. The quantitative estimate of drug-likeness (QED) is 0.208. The van der Waals surface area contributed by atoms with Gasteiger partial charge in [0.2, 0.25) is 6.10 Å². The molecule has 0 aliphatic heterocycles. The molecule has 0 bridgehead atoms. The van der Waals surface area contributed by atoms with Crippen molar-refractivity contribution in [1.82, 2.24) is 0 Å². The van der Waals surface area contributed by atoms with E-state index in [1.807, 2.05) is 0 Å². The number of carbonyl (C=O) groups is 1. The summed E-state index contributed by atoms with van der Waals surface area (Å²) in [6.45, 7) is 8.43. The largest absolute Gasteiger partial charge is 0.493 e. The molecule has 2 unspecified atom stereocenters. The van der Waals surface area contributed by atoms with Crippen molar-refractivity contribution in [2.75, 3.05) is 7.11 Å². The lowest BCUT2D eigenvalue weighted by molar-refractivity contribution is -0.526. The van der Waals surface area contributed by atoms with Crippen LogP contribution in [-0.2, 0) is 18.7 Å². The van der Waals surface area contributed by atoms with Crippen molar-refractivity contribution >= 4 is 11.9 Å². The average Bonchev–Trinajstić information content (AvgIpc) is 2.55. The second-order valence-corrected chi connectivity index (χ2v) is 6.01. The Hall–Kier alpha value is -0.900. The molecule has 0 radical (unpaired) electrons. The Morgan fingerprint density at radius 3 is 2.00 bits per heavy atom. The molecule has 4 heteroatoms. The van der Waals surface area contributed by atoms with Crippen LogP contribution in [0, 0.1) is 0 Å². The highest BCUT2D eigenvalue weighted by atomic mass is 16.6. The lowest BCUT2D eigenvalue weighted by atomic mass is 10.1. The maximum absolute atomic E-state index is 12.0. The Balaban J connectivity index is 4.80. The van der Waals surface area contributed by atoms with Crippen molar-refractivity contribution in [3.8, 4) is 0 Å². The molecule has 0 N–H and O–H groups in total. The van der Waals surface area contributed by atoms with Gasteiger partial charge in [0.05, 0.1) is 6.42 Å². The van der Waals surface area contributed by atoms with Crippen LogP contribution in [0.15, 0.2) is 0 Å². The predicted octanol–water partition coefficient (Wildman–Crippen LogP) is 4.96. The minimum atomic E-state index is -0.176. The first-order chi connectivity index (χ1) is 11.1. The lowest BCUT2D eigenvalue weighted by Gasteiger charge is -2.15. The zero-order valence-corrected chi connectivity index (χ0v) is 15.9. The molecule has 0 aromatic heterocycles. The van der Waals surface area contributed by atoms with Gasteiger partial charge in [-0.25, -0.2) is 9.53 Å². The van der Waals surface area contributed by atoms with Crippen molar-refractivity contribution in [3.05, 3.63) is 0 Å². The molecule has 136 valence electrons. The van der Waals surface area contributed by atoms with E-state index in [0.29, 0.717) is 18.8 Å². The number of hydrogen-bond acceptors (Lipinski definition) is 3. The molecule has 0 saturated carbocycles.